The van der Waals surface area contributed by atoms with Gasteiger partial charge in [-0.1, -0.05) is 11.6 Å². The maximum atomic E-state index is 10.5. The molecule has 0 amide bonds. The fourth-order valence-corrected chi connectivity index (χ4v) is 2.35. The van der Waals surface area contributed by atoms with Gasteiger partial charge in [0.2, 0.25) is 0 Å². The largest absolute Gasteiger partial charge is 0.297 e. The lowest BCUT2D eigenvalue weighted by Crippen LogP contribution is -1.80. The minimum absolute atomic E-state index is 0.624. The third-order valence-corrected chi connectivity index (χ3v) is 3.09. The number of halogens is 1. The molecule has 1 nitrogen and oxygen atoms in total. The highest BCUT2D eigenvalue weighted by Gasteiger charge is 2.27. The van der Waals surface area contributed by atoms with Gasteiger partial charge in [-0.15, -0.1) is 11.3 Å². The summed E-state index contributed by atoms with van der Waals surface area (Å²) >= 11 is 7.16. The monoisotopic (exact) mass is 186 g/mol. The lowest BCUT2D eigenvalue weighted by Gasteiger charge is -1.89. The van der Waals surface area contributed by atoms with Gasteiger partial charge in [-0.05, 0) is 30.4 Å². The molecular formula is C8H7ClOS. The number of carbonyl (C=O) groups excluding carboxylic acids is 1. The van der Waals surface area contributed by atoms with E-state index >= 15 is 0 Å². The second-order valence-electron chi connectivity index (χ2n) is 2.76. The maximum absolute atomic E-state index is 10.5. The summed E-state index contributed by atoms with van der Waals surface area (Å²) in [5.74, 6) is 0.624. The molecule has 0 aliphatic heterocycles. The maximum Gasteiger partial charge on any atom is 0.160 e. The predicted molar refractivity (Wildman–Crippen MR) is 46.7 cm³/mol. The van der Waals surface area contributed by atoms with Gasteiger partial charge >= 0.3 is 0 Å². The van der Waals surface area contributed by atoms with E-state index in [1.54, 1.807) is 0 Å². The summed E-state index contributed by atoms with van der Waals surface area (Å²) in [6, 6.07) is 1.92. The summed E-state index contributed by atoms with van der Waals surface area (Å²) in [6.45, 7) is 0. The second kappa shape index (κ2) is 2.61. The minimum Gasteiger partial charge on any atom is -0.297 e. The normalized spacial score (nSPS) is 16.8. The number of hydrogen-bond donors (Lipinski definition) is 0. The summed E-state index contributed by atoms with van der Waals surface area (Å²) in [5, 5.41) is 0. The van der Waals surface area contributed by atoms with Crippen LogP contribution in [0.15, 0.2) is 6.07 Å². The van der Waals surface area contributed by atoms with E-state index in [-0.39, 0.29) is 0 Å². The number of hydrogen-bond acceptors (Lipinski definition) is 2. The summed E-state index contributed by atoms with van der Waals surface area (Å²) in [5.41, 5.74) is 1.16. The van der Waals surface area contributed by atoms with Crippen molar-refractivity contribution in [2.24, 2.45) is 0 Å². The van der Waals surface area contributed by atoms with E-state index in [0.29, 0.717) is 5.92 Å². The van der Waals surface area contributed by atoms with Gasteiger partial charge in [0, 0.05) is 0 Å². The zero-order chi connectivity index (χ0) is 7.84. The molecule has 1 aliphatic rings. The van der Waals surface area contributed by atoms with Crippen LogP contribution < -0.4 is 0 Å². The van der Waals surface area contributed by atoms with E-state index in [2.05, 4.69) is 0 Å². The summed E-state index contributed by atoms with van der Waals surface area (Å²) in [6.07, 6.45) is 3.34. The molecule has 2 rings (SSSR count). The fourth-order valence-electron chi connectivity index (χ4n) is 1.19. The Bertz CT molecular complexity index is 288. The smallest absolute Gasteiger partial charge is 0.160 e. The average Bonchev–Trinajstić information content (AvgIpc) is 2.75. The Morgan fingerprint density at radius 2 is 2.36 bits per heavy atom. The van der Waals surface area contributed by atoms with Crippen LogP contribution in [0.5, 0.6) is 0 Å². The second-order valence-corrected chi connectivity index (χ2v) is 4.48. The molecule has 0 bridgehead atoms. The first kappa shape index (κ1) is 7.32. The third-order valence-electron chi connectivity index (χ3n) is 1.89. The van der Waals surface area contributed by atoms with Crippen molar-refractivity contribution in [2.75, 3.05) is 0 Å². The van der Waals surface area contributed by atoms with Crippen molar-refractivity contribution in [1.29, 1.82) is 0 Å². The fraction of sp³-hybridized carbons (Fsp3) is 0.375. The molecule has 0 aromatic carbocycles. The van der Waals surface area contributed by atoms with Gasteiger partial charge in [0.25, 0.3) is 0 Å². The lowest BCUT2D eigenvalue weighted by molar-refractivity contribution is 0.112. The van der Waals surface area contributed by atoms with Crippen LogP contribution in [-0.2, 0) is 0 Å². The van der Waals surface area contributed by atoms with Crippen molar-refractivity contribution in [2.45, 2.75) is 18.8 Å². The van der Waals surface area contributed by atoms with E-state index in [0.717, 1.165) is 21.1 Å². The molecule has 1 saturated carbocycles. The van der Waals surface area contributed by atoms with Crippen LogP contribution in [0, 0.1) is 0 Å². The van der Waals surface area contributed by atoms with Gasteiger partial charge in [0.1, 0.15) is 0 Å². The van der Waals surface area contributed by atoms with Crippen molar-refractivity contribution in [3.05, 3.63) is 20.8 Å². The van der Waals surface area contributed by atoms with E-state index < -0.39 is 0 Å². The zero-order valence-electron chi connectivity index (χ0n) is 5.84. The molecule has 3 heteroatoms. The predicted octanol–water partition coefficient (Wildman–Crippen LogP) is 3.09. The van der Waals surface area contributed by atoms with E-state index in [1.807, 2.05) is 6.07 Å². The average molecular weight is 187 g/mol. The molecule has 1 fully saturated rings. The highest BCUT2D eigenvalue weighted by Crippen LogP contribution is 2.44. The van der Waals surface area contributed by atoms with Crippen molar-refractivity contribution in [3.63, 3.8) is 0 Å². The van der Waals surface area contributed by atoms with Crippen LogP contribution in [0.4, 0.5) is 0 Å². The van der Waals surface area contributed by atoms with E-state index in [4.69, 9.17) is 11.6 Å². The highest BCUT2D eigenvalue weighted by atomic mass is 35.5. The molecule has 0 radical (unpaired) electrons. The molecule has 11 heavy (non-hydrogen) atoms. The highest BCUT2D eigenvalue weighted by molar-refractivity contribution is 7.17. The topological polar surface area (TPSA) is 17.1 Å². The van der Waals surface area contributed by atoms with Gasteiger partial charge < -0.3 is 0 Å². The van der Waals surface area contributed by atoms with Crippen LogP contribution in [0.2, 0.25) is 4.34 Å². The molecule has 1 aromatic rings. The lowest BCUT2D eigenvalue weighted by atomic mass is 10.2. The number of carbonyl (C=O) groups is 1. The number of aldehydes is 1. The quantitative estimate of drug-likeness (QED) is 0.649. The molecule has 0 N–H and O–H groups in total. The SMILES string of the molecule is O=Cc1sc(Cl)cc1C1CC1. The molecule has 58 valence electrons. The van der Waals surface area contributed by atoms with Crippen LogP contribution in [-0.4, -0.2) is 6.29 Å². The number of thiophene rings is 1. The van der Waals surface area contributed by atoms with Crippen LogP contribution in [0.1, 0.15) is 34.0 Å². The third kappa shape index (κ3) is 1.33. The Labute approximate surface area is 74.0 Å². The summed E-state index contributed by atoms with van der Waals surface area (Å²) < 4.78 is 0.731. The molecule has 1 heterocycles. The first-order valence-corrected chi connectivity index (χ1v) is 4.75. The van der Waals surface area contributed by atoms with Gasteiger partial charge in [0.05, 0.1) is 9.21 Å². The van der Waals surface area contributed by atoms with Crippen molar-refractivity contribution in [3.8, 4) is 0 Å². The summed E-state index contributed by atoms with van der Waals surface area (Å²) in [7, 11) is 0. The van der Waals surface area contributed by atoms with E-state index in [1.165, 1.54) is 24.2 Å². The molecule has 1 aliphatic carbocycles. The van der Waals surface area contributed by atoms with Gasteiger partial charge in [-0.25, -0.2) is 0 Å². The Hall–Kier alpha value is -0.340. The Morgan fingerprint density at radius 3 is 2.91 bits per heavy atom. The van der Waals surface area contributed by atoms with Crippen molar-refractivity contribution < 1.29 is 4.79 Å². The van der Waals surface area contributed by atoms with Crippen LogP contribution in [0.3, 0.4) is 0 Å². The molecule has 1 aromatic heterocycles. The Balaban J connectivity index is 2.41. The van der Waals surface area contributed by atoms with Gasteiger partial charge in [-0.3, -0.25) is 4.79 Å². The molecule has 0 atom stereocenters. The van der Waals surface area contributed by atoms with Crippen molar-refractivity contribution >= 4 is 29.2 Å². The molecule has 0 saturated heterocycles. The van der Waals surface area contributed by atoms with Gasteiger partial charge in [-0.2, -0.15) is 0 Å². The van der Waals surface area contributed by atoms with E-state index in [9.17, 15) is 4.79 Å². The molecule has 0 unspecified atom stereocenters. The summed E-state index contributed by atoms with van der Waals surface area (Å²) in [4.78, 5) is 11.3. The zero-order valence-corrected chi connectivity index (χ0v) is 7.41. The van der Waals surface area contributed by atoms with Crippen LogP contribution in [0.25, 0.3) is 0 Å². The van der Waals surface area contributed by atoms with Crippen molar-refractivity contribution in [1.82, 2.24) is 0 Å². The first-order chi connectivity index (χ1) is 5.31. The first-order valence-electron chi connectivity index (χ1n) is 3.55. The number of rotatable bonds is 2. The minimum atomic E-state index is 0.624. The van der Waals surface area contributed by atoms with Crippen LogP contribution >= 0.6 is 22.9 Å². The standard InChI is InChI=1S/C8H7ClOS/c9-8-3-6(5-1-2-5)7(4-10)11-8/h3-5H,1-2H2. The Morgan fingerprint density at radius 1 is 1.64 bits per heavy atom. The Kier molecular flexibility index (Phi) is 1.74. The van der Waals surface area contributed by atoms with Gasteiger partial charge in [0.15, 0.2) is 6.29 Å². The molecule has 0 spiro atoms. The molecular weight excluding hydrogens is 180 g/mol.